The smallest absolute Gasteiger partial charge is 0.433 e. The lowest BCUT2D eigenvalue weighted by atomic mass is 9.88. The van der Waals surface area contributed by atoms with E-state index in [2.05, 4.69) is 30.0 Å². The van der Waals surface area contributed by atoms with Gasteiger partial charge in [0.1, 0.15) is 38.0 Å². The second-order valence-electron chi connectivity index (χ2n) is 27.1. The second-order valence-corrected chi connectivity index (χ2v) is 27.1. The van der Waals surface area contributed by atoms with Crippen LogP contribution in [0.25, 0.3) is 5.57 Å². The fraction of sp³-hybridized carbons (Fsp3) is 0.456. The van der Waals surface area contributed by atoms with Crippen LogP contribution in [-0.4, -0.2) is 151 Å². The van der Waals surface area contributed by atoms with Crippen molar-refractivity contribution < 1.29 is 81.4 Å². The highest BCUT2D eigenvalue weighted by Crippen LogP contribution is 2.57. The van der Waals surface area contributed by atoms with Gasteiger partial charge in [-0.25, -0.2) is 14.5 Å². The third-order valence-corrected chi connectivity index (χ3v) is 19.1. The van der Waals surface area contributed by atoms with E-state index < -0.39 is 42.4 Å². The molecule has 0 radical (unpaired) electrons. The molecule has 9 rings (SSSR count). The zero-order valence-corrected chi connectivity index (χ0v) is 59.1. The summed E-state index contributed by atoms with van der Waals surface area (Å²) >= 11 is 0. The van der Waals surface area contributed by atoms with Crippen LogP contribution in [0.15, 0.2) is 127 Å². The van der Waals surface area contributed by atoms with Crippen molar-refractivity contribution in [1.29, 1.82) is 0 Å². The summed E-state index contributed by atoms with van der Waals surface area (Å²) in [5.41, 5.74) is 6.24. The number of rotatable bonds is 37. The van der Waals surface area contributed by atoms with Gasteiger partial charge in [-0.3, -0.25) is 38.6 Å². The van der Waals surface area contributed by atoms with E-state index in [9.17, 15) is 48.3 Å². The highest BCUT2D eigenvalue weighted by molar-refractivity contribution is 6.07. The van der Waals surface area contributed by atoms with Gasteiger partial charge in [-0.05, 0) is 135 Å². The number of nitrogens with one attached hydrogen (secondary N) is 1. The molecule has 5 atom stereocenters. The fourth-order valence-corrected chi connectivity index (χ4v) is 13.0. The Bertz CT molecular complexity index is 3870. The Hall–Kier alpha value is -10.0. The van der Waals surface area contributed by atoms with Crippen LogP contribution >= 0.6 is 0 Å². The molecule has 4 aliphatic heterocycles. The van der Waals surface area contributed by atoms with E-state index in [0.29, 0.717) is 135 Å². The molecule has 4 heterocycles. The van der Waals surface area contributed by atoms with E-state index >= 15 is 0 Å². The molecule has 1 saturated carbocycles. The summed E-state index contributed by atoms with van der Waals surface area (Å²) in [6, 6.07) is 19.7. The lowest BCUT2D eigenvalue weighted by Gasteiger charge is -2.31. The molecule has 1 aliphatic carbocycles. The number of ether oxygens (including phenoxy) is 7. The van der Waals surface area contributed by atoms with E-state index in [0.717, 1.165) is 29.5 Å². The number of nitrogens with zero attached hydrogens (tertiary/aromatic N) is 5. The van der Waals surface area contributed by atoms with Crippen molar-refractivity contribution in [3.8, 4) is 17.2 Å². The summed E-state index contributed by atoms with van der Waals surface area (Å²) in [5.74, 6) is -1.54. The zero-order valence-electron chi connectivity index (χ0n) is 59.1. The number of amides is 5. The molecule has 5 amide bonds. The molecule has 1 unspecified atom stereocenters. The Labute approximate surface area is 596 Å². The molecule has 2 N–H and O–H groups in total. The molecular weight excluding hydrogens is 1300 g/mol. The molecular formula is C79H94N6O17. The molecule has 2 fully saturated rings. The van der Waals surface area contributed by atoms with Crippen molar-refractivity contribution >= 4 is 82.3 Å². The Morgan fingerprint density at radius 1 is 0.735 bits per heavy atom. The predicted octanol–water partition coefficient (Wildman–Crippen LogP) is 12.4. The topological polar surface area (TPSA) is 285 Å². The SMILES string of the molecule is C=CCOC(=O)CCCCCC(=O)C[C@H](C(=O)N[C@@H](C)C(=O)Cc1ccc(COC(=O)N2c3cc(OCCCCCOc4cc5c(cc4OC)C(=O)N4C=C(c6ccc(CCC(CC(=O)OCC=C)=NC(=O)OCC=C)cc6)C[C@H]4C=N5)c(C)cc3C(=O)N3CC4(CC4)C[C@H]3C2O)cc1)C(C)C. The number of methoxy groups -OCH3 is 1. The first-order valence-corrected chi connectivity index (χ1v) is 35.2. The molecule has 23 heteroatoms. The lowest BCUT2D eigenvalue weighted by molar-refractivity contribution is -0.143. The minimum atomic E-state index is -1.42. The number of esters is 2. The number of aryl methyl sites for hydroxylation is 2. The van der Waals surface area contributed by atoms with Crippen molar-refractivity contribution in [3.63, 3.8) is 0 Å². The molecule has 0 bridgehead atoms. The average molecular weight is 1400 g/mol. The third kappa shape index (κ3) is 20.2. The van der Waals surface area contributed by atoms with Crippen molar-refractivity contribution in [3.05, 3.63) is 156 Å². The normalized spacial score (nSPS) is 17.5. The maximum Gasteiger partial charge on any atom is 0.433 e. The number of benzene rings is 4. The number of carbonyl (C=O) groups is 9. The minimum absolute atomic E-state index is 0.0111. The van der Waals surface area contributed by atoms with Gasteiger partial charge in [-0.2, -0.15) is 4.99 Å². The fourth-order valence-electron chi connectivity index (χ4n) is 13.0. The molecule has 1 saturated heterocycles. The molecule has 0 aromatic heterocycles. The van der Waals surface area contributed by atoms with Crippen LogP contribution in [0, 0.1) is 24.2 Å². The summed E-state index contributed by atoms with van der Waals surface area (Å²) in [5, 5.41) is 15.0. The van der Waals surface area contributed by atoms with Crippen molar-refractivity contribution in [2.45, 2.75) is 168 Å². The zero-order chi connectivity index (χ0) is 73.0. The maximum atomic E-state index is 14.4. The Morgan fingerprint density at radius 3 is 2.08 bits per heavy atom. The molecule has 5 aliphatic rings. The molecule has 542 valence electrons. The first kappa shape index (κ1) is 76.2. The van der Waals surface area contributed by atoms with E-state index in [1.807, 2.05) is 51.2 Å². The van der Waals surface area contributed by atoms with E-state index in [1.54, 1.807) is 71.5 Å². The quantitative estimate of drug-likeness (QED) is 0.0139. The van der Waals surface area contributed by atoms with E-state index in [4.69, 9.17) is 38.2 Å². The number of Topliss-reactive ketones (excluding diaryl/α,β-unsaturated/α-hetero) is 2. The Kier molecular flexibility index (Phi) is 26.9. The van der Waals surface area contributed by atoms with Crippen LogP contribution < -0.4 is 24.4 Å². The maximum absolute atomic E-state index is 14.4. The van der Waals surface area contributed by atoms with Crippen molar-refractivity contribution in [2.75, 3.05) is 51.6 Å². The van der Waals surface area contributed by atoms with Crippen LogP contribution in [0.5, 0.6) is 17.2 Å². The van der Waals surface area contributed by atoms with Crippen molar-refractivity contribution in [2.24, 2.45) is 27.2 Å². The van der Waals surface area contributed by atoms with Gasteiger partial charge in [0, 0.05) is 74.8 Å². The number of aliphatic hydroxyl groups is 1. The summed E-state index contributed by atoms with van der Waals surface area (Å²) in [6.45, 7) is 18.9. The number of hydrogen-bond acceptors (Lipinski definition) is 18. The number of anilines is 1. The first-order valence-electron chi connectivity index (χ1n) is 35.2. The van der Waals surface area contributed by atoms with Gasteiger partial charge < -0.3 is 53.4 Å². The van der Waals surface area contributed by atoms with Gasteiger partial charge >= 0.3 is 24.1 Å². The van der Waals surface area contributed by atoms with Crippen LogP contribution in [0.3, 0.4) is 0 Å². The largest absolute Gasteiger partial charge is 0.493 e. The average Bonchev–Trinajstić information content (AvgIpc) is 1.56. The number of fused-ring (bicyclic) bond motifs is 4. The number of hydrogen-bond donors (Lipinski definition) is 2. The number of unbranched alkanes of at least 4 members (excludes halogenated alkanes) is 4. The summed E-state index contributed by atoms with van der Waals surface area (Å²) < 4.78 is 39.4. The number of aliphatic hydroxyl groups excluding tert-OH is 1. The van der Waals surface area contributed by atoms with Crippen LogP contribution in [0.2, 0.25) is 0 Å². The van der Waals surface area contributed by atoms with Gasteiger partial charge in [0.25, 0.3) is 11.8 Å². The van der Waals surface area contributed by atoms with Gasteiger partial charge in [0.2, 0.25) is 5.91 Å². The van der Waals surface area contributed by atoms with E-state index in [-0.39, 0.29) is 122 Å². The van der Waals surface area contributed by atoms with Crippen molar-refractivity contribution in [1.82, 2.24) is 15.1 Å². The van der Waals surface area contributed by atoms with Gasteiger partial charge in [-0.15, -0.1) is 0 Å². The monoisotopic (exact) mass is 1400 g/mol. The van der Waals surface area contributed by atoms with Gasteiger partial charge in [0.15, 0.2) is 23.5 Å². The Balaban J connectivity index is 0.750. The van der Waals surface area contributed by atoms with Gasteiger partial charge in [0.05, 0.1) is 67.4 Å². The standard InChI is InChI=1S/C79H94N6O17/c1-9-32-99-71(88)19-15-12-14-18-60(86)41-61(50(4)5)73(90)81-52(7)67(87)38-54-20-22-55(23-21-54)48-102-78(95)85-65-44-68(51(6)37-63(65)75(92)84-49-79(30-31-79)45-66(84)76(85)93)97-35-16-13-17-36-98-70-43-64-62(42-69(70)96-8)74(91)83-47-57(39-59(83)46-80-64)56-27-24-53(25-28-56)26-29-58(40-72(89)100-33-10-2)82-77(94)101-34-11-3/h9-11,20-25,27-28,37,42-44,46-47,50,52,59,61,66,76,93H,1-3,12-19,26,29-36,38-41,45,48-49H2,4-8H3,(H,81,90)/t52-,59-,61-,66-,76?/m0/s1. The lowest BCUT2D eigenvalue weighted by Crippen LogP contribution is -2.50. The molecule has 23 nitrogen and oxygen atoms in total. The molecule has 1 spiro atoms. The summed E-state index contributed by atoms with van der Waals surface area (Å²) in [4.78, 5) is 133. The number of ketones is 2. The summed E-state index contributed by atoms with van der Waals surface area (Å²) in [6.07, 6.45) is 12.9. The molecule has 4 aromatic carbocycles. The molecule has 4 aromatic rings. The van der Waals surface area contributed by atoms with E-state index in [1.165, 1.54) is 30.2 Å². The second kappa shape index (κ2) is 36.0. The molecule has 102 heavy (non-hydrogen) atoms. The Morgan fingerprint density at radius 2 is 1.39 bits per heavy atom. The van der Waals surface area contributed by atoms with Crippen LogP contribution in [-0.2, 0) is 62.4 Å². The van der Waals surface area contributed by atoms with Gasteiger partial charge in [-0.1, -0.05) is 107 Å². The van der Waals surface area contributed by atoms with Crippen LogP contribution in [0.4, 0.5) is 21.0 Å². The predicted molar refractivity (Wildman–Crippen MR) is 384 cm³/mol. The minimum Gasteiger partial charge on any atom is -0.493 e. The summed E-state index contributed by atoms with van der Waals surface area (Å²) in [7, 11) is 1.51. The van der Waals surface area contributed by atoms with Crippen LogP contribution in [0.1, 0.15) is 166 Å². The number of carbonyl (C=O) groups excluding carboxylic acids is 9. The number of aliphatic imine (C=N–C) groups is 2. The first-order chi connectivity index (χ1) is 49.1. The highest BCUT2D eigenvalue weighted by Gasteiger charge is 2.58. The third-order valence-electron chi connectivity index (χ3n) is 19.1. The highest BCUT2D eigenvalue weighted by atomic mass is 16.6.